The third kappa shape index (κ3) is 1.93. The van der Waals surface area contributed by atoms with Crippen molar-refractivity contribution in [1.29, 1.82) is 0 Å². The topological polar surface area (TPSA) is 46.2 Å². The molecule has 1 N–H and O–H groups in total. The van der Waals surface area contributed by atoms with Crippen LogP contribution in [0.2, 0.25) is 5.02 Å². The van der Waals surface area contributed by atoms with Gasteiger partial charge in [0.05, 0.1) is 5.56 Å². The minimum absolute atomic E-state index is 0.284. The van der Waals surface area contributed by atoms with Gasteiger partial charge in [0, 0.05) is 17.8 Å². The molecule has 0 atom stereocenters. The van der Waals surface area contributed by atoms with E-state index >= 15 is 0 Å². The zero-order valence-electron chi connectivity index (χ0n) is 7.93. The minimum atomic E-state index is -0.569. The van der Waals surface area contributed by atoms with Gasteiger partial charge in [-0.3, -0.25) is 9.59 Å². The molecule has 4 heteroatoms. The molecule has 0 aliphatic heterocycles. The summed E-state index contributed by atoms with van der Waals surface area (Å²) in [6.07, 6.45) is 0.284. The van der Waals surface area contributed by atoms with Gasteiger partial charge in [0.25, 0.3) is 0 Å². The van der Waals surface area contributed by atoms with Crippen LogP contribution in [0.1, 0.15) is 15.9 Å². The number of Topliss-reactive ketones (excluding diaryl/α,β-unsaturated/α-hetero) is 1. The number of aryl methyl sites for hydroxylation is 1. The molecule has 3 nitrogen and oxygen atoms in total. The van der Waals surface area contributed by atoms with Gasteiger partial charge in [0.15, 0.2) is 6.29 Å². The molecule has 0 saturated carbocycles. The van der Waals surface area contributed by atoms with Crippen LogP contribution in [0.4, 0.5) is 5.69 Å². The molecule has 0 amide bonds. The highest BCUT2D eigenvalue weighted by atomic mass is 35.5. The first kappa shape index (κ1) is 10.7. The number of aldehydes is 1. The van der Waals surface area contributed by atoms with Crippen molar-refractivity contribution in [3.05, 3.63) is 28.3 Å². The Morgan fingerprint density at radius 2 is 2.14 bits per heavy atom. The first-order valence-electron chi connectivity index (χ1n) is 4.07. The normalized spacial score (nSPS) is 9.64. The Bertz CT molecular complexity index is 388. The number of anilines is 1. The third-order valence-corrected chi connectivity index (χ3v) is 2.14. The fourth-order valence-corrected chi connectivity index (χ4v) is 1.61. The lowest BCUT2D eigenvalue weighted by molar-refractivity contribution is -0.104. The summed E-state index contributed by atoms with van der Waals surface area (Å²) < 4.78 is 0. The zero-order valence-corrected chi connectivity index (χ0v) is 8.68. The van der Waals surface area contributed by atoms with E-state index in [9.17, 15) is 9.59 Å². The van der Waals surface area contributed by atoms with Crippen LogP contribution in [0.3, 0.4) is 0 Å². The zero-order chi connectivity index (χ0) is 10.7. The molecule has 0 bridgehead atoms. The summed E-state index contributed by atoms with van der Waals surface area (Å²) in [5.74, 6) is -0.569. The van der Waals surface area contributed by atoms with E-state index in [1.165, 1.54) is 6.07 Å². The van der Waals surface area contributed by atoms with E-state index in [2.05, 4.69) is 5.32 Å². The molecule has 1 aromatic carbocycles. The largest absolute Gasteiger partial charge is 0.387 e. The number of benzene rings is 1. The van der Waals surface area contributed by atoms with E-state index in [4.69, 9.17) is 11.6 Å². The Morgan fingerprint density at radius 3 is 2.64 bits per heavy atom. The van der Waals surface area contributed by atoms with E-state index in [0.29, 0.717) is 16.3 Å². The number of rotatable bonds is 3. The fraction of sp³-hybridized carbons (Fsp3) is 0.200. The van der Waals surface area contributed by atoms with E-state index in [1.54, 1.807) is 13.1 Å². The number of carbonyl (C=O) groups excluding carboxylic acids is 2. The summed E-state index contributed by atoms with van der Waals surface area (Å²) in [6.45, 7) is 1.82. The molecule has 0 fully saturated rings. The molecule has 0 saturated heterocycles. The molecular weight excluding hydrogens is 202 g/mol. The van der Waals surface area contributed by atoms with Gasteiger partial charge in [-0.1, -0.05) is 11.6 Å². The lowest BCUT2D eigenvalue weighted by Crippen LogP contribution is -2.06. The van der Waals surface area contributed by atoms with E-state index in [0.717, 1.165) is 5.56 Å². The second kappa shape index (κ2) is 4.24. The summed E-state index contributed by atoms with van der Waals surface area (Å²) in [5.41, 5.74) is 1.80. The second-order valence-corrected chi connectivity index (χ2v) is 3.31. The van der Waals surface area contributed by atoms with Crippen LogP contribution in [0.5, 0.6) is 0 Å². The van der Waals surface area contributed by atoms with Gasteiger partial charge in [0.1, 0.15) is 0 Å². The van der Waals surface area contributed by atoms with Crippen molar-refractivity contribution in [2.75, 3.05) is 12.4 Å². The molecular formula is C10H10ClNO2. The molecule has 1 rings (SSSR count). The lowest BCUT2D eigenvalue weighted by atomic mass is 10.0. The average Bonchev–Trinajstić information content (AvgIpc) is 2.15. The number of ketones is 1. The van der Waals surface area contributed by atoms with Crippen LogP contribution >= 0.6 is 11.6 Å². The van der Waals surface area contributed by atoms with E-state index < -0.39 is 5.78 Å². The minimum Gasteiger partial charge on any atom is -0.387 e. The maximum absolute atomic E-state index is 11.2. The first-order chi connectivity index (χ1) is 6.60. The van der Waals surface area contributed by atoms with Gasteiger partial charge in [-0.05, 0) is 24.6 Å². The smallest absolute Gasteiger partial charge is 0.227 e. The Hall–Kier alpha value is -1.35. The predicted octanol–water partition coefficient (Wildman–Crippen LogP) is 2.07. The van der Waals surface area contributed by atoms with Gasteiger partial charge < -0.3 is 5.32 Å². The van der Waals surface area contributed by atoms with Crippen molar-refractivity contribution in [1.82, 2.24) is 0 Å². The maximum atomic E-state index is 11.2. The van der Waals surface area contributed by atoms with Gasteiger partial charge in [-0.25, -0.2) is 0 Å². The van der Waals surface area contributed by atoms with E-state index in [1.807, 2.05) is 6.92 Å². The van der Waals surface area contributed by atoms with Crippen LogP contribution in [-0.2, 0) is 4.79 Å². The number of hydrogen-bond acceptors (Lipinski definition) is 3. The summed E-state index contributed by atoms with van der Waals surface area (Å²) in [5, 5.41) is 3.32. The molecule has 1 aromatic rings. The SMILES string of the molecule is CNc1c(C)cc(Cl)cc1C(=O)C=O. The van der Waals surface area contributed by atoms with Gasteiger partial charge in [-0.2, -0.15) is 0 Å². The quantitative estimate of drug-likeness (QED) is 0.473. The Morgan fingerprint density at radius 1 is 1.50 bits per heavy atom. The van der Waals surface area contributed by atoms with Crippen molar-refractivity contribution in [3.8, 4) is 0 Å². The lowest BCUT2D eigenvalue weighted by Gasteiger charge is -2.09. The summed E-state index contributed by atoms with van der Waals surface area (Å²) >= 11 is 5.78. The van der Waals surface area contributed by atoms with Gasteiger partial charge in [-0.15, -0.1) is 0 Å². The Balaban J connectivity index is 3.39. The van der Waals surface area contributed by atoms with Gasteiger partial charge in [0.2, 0.25) is 5.78 Å². The van der Waals surface area contributed by atoms with Crippen LogP contribution in [0, 0.1) is 6.92 Å². The highest BCUT2D eigenvalue weighted by Crippen LogP contribution is 2.25. The fourth-order valence-electron chi connectivity index (χ4n) is 1.33. The van der Waals surface area contributed by atoms with Crippen LogP contribution in [0.25, 0.3) is 0 Å². The van der Waals surface area contributed by atoms with Crippen molar-refractivity contribution in [2.24, 2.45) is 0 Å². The molecule has 14 heavy (non-hydrogen) atoms. The molecule has 0 spiro atoms. The summed E-state index contributed by atoms with van der Waals surface area (Å²) in [4.78, 5) is 21.6. The molecule has 0 aliphatic rings. The number of halogens is 1. The van der Waals surface area contributed by atoms with Crippen molar-refractivity contribution in [3.63, 3.8) is 0 Å². The molecule has 0 heterocycles. The van der Waals surface area contributed by atoms with Crippen molar-refractivity contribution >= 4 is 29.4 Å². The summed E-state index contributed by atoms with van der Waals surface area (Å²) in [7, 11) is 1.69. The van der Waals surface area contributed by atoms with E-state index in [-0.39, 0.29) is 6.29 Å². The second-order valence-electron chi connectivity index (χ2n) is 2.88. The van der Waals surface area contributed by atoms with Crippen molar-refractivity contribution < 1.29 is 9.59 Å². The van der Waals surface area contributed by atoms with Crippen LogP contribution in [-0.4, -0.2) is 19.1 Å². The van der Waals surface area contributed by atoms with Gasteiger partial charge >= 0.3 is 0 Å². The maximum Gasteiger partial charge on any atom is 0.227 e. The first-order valence-corrected chi connectivity index (χ1v) is 4.45. The predicted molar refractivity (Wildman–Crippen MR) is 56.1 cm³/mol. The molecule has 0 radical (unpaired) electrons. The standard InChI is InChI=1S/C10H10ClNO2/c1-6-3-7(11)4-8(9(14)5-13)10(6)12-2/h3-5,12H,1-2H3. The monoisotopic (exact) mass is 211 g/mol. The van der Waals surface area contributed by atoms with Crippen LogP contribution in [0.15, 0.2) is 12.1 Å². The van der Waals surface area contributed by atoms with Crippen LogP contribution < -0.4 is 5.32 Å². The molecule has 0 aliphatic carbocycles. The number of carbonyl (C=O) groups is 2. The summed E-state index contributed by atoms with van der Waals surface area (Å²) in [6, 6.07) is 3.21. The Kier molecular flexibility index (Phi) is 3.25. The molecule has 74 valence electrons. The van der Waals surface area contributed by atoms with Crippen molar-refractivity contribution in [2.45, 2.75) is 6.92 Å². The molecule has 0 unspecified atom stereocenters. The molecule has 0 aromatic heterocycles. The Labute approximate surface area is 87.1 Å². The highest BCUT2D eigenvalue weighted by Gasteiger charge is 2.12. The average molecular weight is 212 g/mol. The third-order valence-electron chi connectivity index (χ3n) is 1.92. The number of hydrogen-bond donors (Lipinski definition) is 1. The number of nitrogens with one attached hydrogen (secondary N) is 1. The highest BCUT2D eigenvalue weighted by molar-refractivity contribution is 6.37.